The van der Waals surface area contributed by atoms with E-state index in [1.165, 1.54) is 24.3 Å². The molecular formula is C29H28N8O3S3. The van der Waals surface area contributed by atoms with Crippen molar-refractivity contribution in [3.05, 3.63) is 70.2 Å². The number of nitrogens with zero attached hydrogens (tertiary/aromatic N) is 5. The zero-order chi connectivity index (χ0) is 31.3. The first kappa shape index (κ1) is 31.4. The van der Waals surface area contributed by atoms with Gasteiger partial charge in [0.15, 0.2) is 0 Å². The van der Waals surface area contributed by atoms with Crippen LogP contribution in [-0.4, -0.2) is 34.8 Å². The normalized spacial score (nSPS) is 11.9. The second kappa shape index (κ2) is 13.2. The van der Waals surface area contributed by atoms with Crippen LogP contribution >= 0.6 is 23.1 Å². The second-order valence-electron chi connectivity index (χ2n) is 9.69. The first-order chi connectivity index (χ1) is 20.5. The highest BCUT2D eigenvalue weighted by Crippen LogP contribution is 2.38. The number of carbonyl (C=O) groups is 1. The van der Waals surface area contributed by atoms with Crippen molar-refractivity contribution >= 4 is 55.7 Å². The Morgan fingerprint density at radius 2 is 1.70 bits per heavy atom. The van der Waals surface area contributed by atoms with Gasteiger partial charge in [0.2, 0.25) is 11.0 Å². The van der Waals surface area contributed by atoms with Crippen LogP contribution in [0.1, 0.15) is 54.8 Å². The van der Waals surface area contributed by atoms with Crippen LogP contribution in [0.2, 0.25) is 0 Å². The third-order valence-electron chi connectivity index (χ3n) is 6.38. The molecule has 43 heavy (non-hydrogen) atoms. The summed E-state index contributed by atoms with van der Waals surface area (Å²) in [6, 6.07) is 17.5. The molecule has 2 aromatic heterocycles. The number of nitriles is 2. The van der Waals surface area contributed by atoms with E-state index >= 15 is 0 Å². The molecule has 0 bridgehead atoms. The summed E-state index contributed by atoms with van der Waals surface area (Å²) in [5, 5.41) is 30.7. The smallest absolute Gasteiger partial charge is 0.263 e. The fourth-order valence-corrected chi connectivity index (χ4v) is 6.96. The van der Waals surface area contributed by atoms with Crippen LogP contribution in [0.15, 0.2) is 58.5 Å². The van der Waals surface area contributed by atoms with E-state index < -0.39 is 15.3 Å². The summed E-state index contributed by atoms with van der Waals surface area (Å²) in [6.45, 7) is 7.68. The minimum Gasteiger partial charge on any atom is -0.383 e. The van der Waals surface area contributed by atoms with Gasteiger partial charge in [-0.1, -0.05) is 68.1 Å². The quantitative estimate of drug-likeness (QED) is 0.184. The summed E-state index contributed by atoms with van der Waals surface area (Å²) in [6.07, 6.45) is 0.388. The van der Waals surface area contributed by atoms with Crippen LogP contribution in [-0.2, 0) is 14.8 Å². The number of hydrogen-bond acceptors (Lipinski definition) is 11. The van der Waals surface area contributed by atoms with Gasteiger partial charge in [-0.15, -0.1) is 10.2 Å². The van der Waals surface area contributed by atoms with Gasteiger partial charge >= 0.3 is 0 Å². The summed E-state index contributed by atoms with van der Waals surface area (Å²) in [4.78, 5) is 17.6. The number of nitrogens with one attached hydrogen (secondary N) is 2. The Labute approximate surface area is 258 Å². The Bertz CT molecular complexity index is 1840. The average Bonchev–Trinajstić information content (AvgIpc) is 3.39. The molecule has 2 heterocycles. The van der Waals surface area contributed by atoms with E-state index in [9.17, 15) is 23.7 Å². The molecule has 1 amide bonds. The highest BCUT2D eigenvalue weighted by Gasteiger charge is 2.26. The molecule has 14 heteroatoms. The van der Waals surface area contributed by atoms with Gasteiger partial charge in [-0.05, 0) is 54.7 Å². The first-order valence-corrected chi connectivity index (χ1v) is 16.3. The third-order valence-corrected chi connectivity index (χ3v) is 9.97. The van der Waals surface area contributed by atoms with Gasteiger partial charge < -0.3 is 11.1 Å². The van der Waals surface area contributed by atoms with Crippen LogP contribution in [0.25, 0.3) is 11.1 Å². The molecule has 0 fully saturated rings. The van der Waals surface area contributed by atoms with E-state index in [1.807, 2.05) is 31.2 Å². The first-order valence-electron chi connectivity index (χ1n) is 13.1. The Kier molecular flexibility index (Phi) is 9.66. The van der Waals surface area contributed by atoms with E-state index in [2.05, 4.69) is 51.2 Å². The van der Waals surface area contributed by atoms with Gasteiger partial charge in [-0.2, -0.15) is 10.5 Å². The summed E-state index contributed by atoms with van der Waals surface area (Å²) in [5.74, 6) is -0.0987. The number of rotatable bonds is 10. The number of aryl methyl sites for hydroxylation is 1. The standard InChI is InChI=1S/C29H28N8O3S3/c1-5-24(27(38)33-20-10-12-21(13-11-20)43(39,40)37-29-36-35-17(4)41-29)42-28-23(15-31)25(22(14-30)26(32)34-28)19-8-6-18(7-9-19)16(2)3/h6-13,16,24H,5H2,1-4H3,(H2,32,34)(H,33,38)(H,36,37). The van der Waals surface area contributed by atoms with Crippen molar-refractivity contribution in [3.8, 4) is 23.3 Å². The van der Waals surface area contributed by atoms with Crippen LogP contribution in [0.3, 0.4) is 0 Å². The Morgan fingerprint density at radius 3 is 2.23 bits per heavy atom. The molecule has 4 aromatic rings. The minimum absolute atomic E-state index is 0.00959. The number of carbonyl (C=O) groups excluding carboxylic acids is 1. The number of anilines is 3. The SMILES string of the molecule is CCC(Sc1nc(N)c(C#N)c(-c2ccc(C(C)C)cc2)c1C#N)C(=O)Nc1ccc(S(=O)(=O)Nc2nnc(C)s2)cc1. The fourth-order valence-electron chi connectivity index (χ4n) is 4.12. The zero-order valence-corrected chi connectivity index (χ0v) is 26.2. The van der Waals surface area contributed by atoms with E-state index in [0.717, 1.165) is 28.7 Å². The maximum absolute atomic E-state index is 13.3. The Morgan fingerprint density at radius 1 is 1.05 bits per heavy atom. The van der Waals surface area contributed by atoms with Crippen molar-refractivity contribution in [2.24, 2.45) is 0 Å². The molecule has 0 aliphatic carbocycles. The lowest BCUT2D eigenvalue weighted by Gasteiger charge is -2.18. The number of hydrogen-bond donors (Lipinski definition) is 3. The Balaban J connectivity index is 1.57. The highest BCUT2D eigenvalue weighted by molar-refractivity contribution is 8.00. The molecular weight excluding hydrogens is 605 g/mol. The number of aromatic nitrogens is 3. The molecule has 220 valence electrons. The summed E-state index contributed by atoms with van der Waals surface area (Å²) in [7, 11) is -3.89. The van der Waals surface area contributed by atoms with Gasteiger partial charge in [-0.25, -0.2) is 13.4 Å². The molecule has 1 atom stereocenters. The predicted molar refractivity (Wildman–Crippen MR) is 168 cm³/mol. The van der Waals surface area contributed by atoms with Crippen LogP contribution < -0.4 is 15.8 Å². The number of benzene rings is 2. The van der Waals surface area contributed by atoms with Gasteiger partial charge in [-0.3, -0.25) is 9.52 Å². The molecule has 4 rings (SSSR count). The lowest BCUT2D eigenvalue weighted by Crippen LogP contribution is -2.25. The summed E-state index contributed by atoms with van der Waals surface area (Å²) in [5.41, 5.74) is 8.94. The topological polar surface area (TPSA) is 188 Å². The molecule has 0 saturated heterocycles. The number of thioether (sulfide) groups is 1. The molecule has 0 aliphatic heterocycles. The molecule has 0 radical (unpaired) electrons. The molecule has 2 aromatic carbocycles. The number of pyridine rings is 1. The van der Waals surface area contributed by atoms with Crippen molar-refractivity contribution in [3.63, 3.8) is 0 Å². The summed E-state index contributed by atoms with van der Waals surface area (Å²) < 4.78 is 27.8. The lowest BCUT2D eigenvalue weighted by molar-refractivity contribution is -0.115. The van der Waals surface area contributed by atoms with Gasteiger partial charge in [0.05, 0.1) is 15.7 Å². The average molecular weight is 633 g/mol. The van der Waals surface area contributed by atoms with E-state index in [1.54, 1.807) is 6.92 Å². The van der Waals surface area contributed by atoms with Gasteiger partial charge in [0.25, 0.3) is 10.0 Å². The van der Waals surface area contributed by atoms with Crippen molar-refractivity contribution in [1.29, 1.82) is 10.5 Å². The van der Waals surface area contributed by atoms with Crippen LogP contribution in [0.5, 0.6) is 0 Å². The predicted octanol–water partition coefficient (Wildman–Crippen LogP) is 5.67. The largest absolute Gasteiger partial charge is 0.383 e. The Hall–Kier alpha value is -4.50. The lowest BCUT2D eigenvalue weighted by atomic mass is 9.94. The van der Waals surface area contributed by atoms with Gasteiger partial charge in [0, 0.05) is 11.3 Å². The zero-order valence-electron chi connectivity index (χ0n) is 23.7. The third kappa shape index (κ3) is 7.11. The summed E-state index contributed by atoms with van der Waals surface area (Å²) >= 11 is 2.19. The molecule has 11 nitrogen and oxygen atoms in total. The van der Waals surface area contributed by atoms with E-state index in [4.69, 9.17) is 5.73 Å². The molecule has 4 N–H and O–H groups in total. The number of sulfonamides is 1. The van der Waals surface area contributed by atoms with Gasteiger partial charge in [0.1, 0.15) is 33.6 Å². The van der Waals surface area contributed by atoms with Crippen LogP contribution in [0, 0.1) is 29.6 Å². The van der Waals surface area contributed by atoms with Crippen molar-refractivity contribution in [2.75, 3.05) is 15.8 Å². The minimum atomic E-state index is -3.89. The van der Waals surface area contributed by atoms with E-state index in [0.29, 0.717) is 34.2 Å². The van der Waals surface area contributed by atoms with Crippen molar-refractivity contribution < 1.29 is 13.2 Å². The fraction of sp³-hybridized carbons (Fsp3) is 0.241. The monoisotopic (exact) mass is 632 g/mol. The molecule has 1 unspecified atom stereocenters. The highest BCUT2D eigenvalue weighted by atomic mass is 32.2. The molecule has 0 spiro atoms. The molecule has 0 aliphatic rings. The van der Waals surface area contributed by atoms with E-state index in [-0.39, 0.29) is 37.9 Å². The van der Waals surface area contributed by atoms with Crippen molar-refractivity contribution in [2.45, 2.75) is 55.2 Å². The number of nitrogen functional groups attached to an aromatic ring is 1. The number of amides is 1. The second-order valence-corrected chi connectivity index (χ2v) is 13.7. The number of nitrogens with two attached hydrogens (primary N) is 1. The maximum atomic E-state index is 13.3. The van der Waals surface area contributed by atoms with Crippen molar-refractivity contribution in [1.82, 2.24) is 15.2 Å². The molecule has 0 saturated carbocycles. The van der Waals surface area contributed by atoms with Crippen LogP contribution in [0.4, 0.5) is 16.6 Å². The maximum Gasteiger partial charge on any atom is 0.263 e.